The van der Waals surface area contributed by atoms with E-state index in [1.54, 1.807) is 0 Å². The van der Waals surface area contributed by atoms with E-state index in [-0.39, 0.29) is 5.91 Å². The molecule has 0 aromatic rings. The summed E-state index contributed by atoms with van der Waals surface area (Å²) in [5.41, 5.74) is 0. The van der Waals surface area contributed by atoms with Crippen molar-refractivity contribution < 1.29 is 9.90 Å². The van der Waals surface area contributed by atoms with Crippen LogP contribution in [0.15, 0.2) is 0 Å². The normalized spacial score (nSPS) is 14.9. The summed E-state index contributed by atoms with van der Waals surface area (Å²) in [5, 5.41) is 11.8. The van der Waals surface area contributed by atoms with E-state index in [0.29, 0.717) is 19.2 Å². The molecule has 0 unspecified atom stereocenters. The van der Waals surface area contributed by atoms with Crippen LogP contribution < -0.4 is 5.32 Å². The topological polar surface area (TPSA) is 52.6 Å². The van der Waals surface area contributed by atoms with Gasteiger partial charge in [-0.05, 0) is 39.2 Å². The number of hydrogen-bond donors (Lipinski definition) is 2. The lowest BCUT2D eigenvalue weighted by molar-refractivity contribution is -0.130. The molecule has 4 nitrogen and oxygen atoms in total. The molecule has 0 spiro atoms. The van der Waals surface area contributed by atoms with Crippen LogP contribution in [0.4, 0.5) is 0 Å². The minimum Gasteiger partial charge on any atom is -0.396 e. The second-order valence-corrected chi connectivity index (χ2v) is 4.73. The summed E-state index contributed by atoms with van der Waals surface area (Å²) in [6, 6.07) is 0.527. The maximum atomic E-state index is 11.8. The lowest BCUT2D eigenvalue weighted by atomic mass is 10.2. The van der Waals surface area contributed by atoms with E-state index < -0.39 is 0 Å². The predicted octanol–water partition coefficient (Wildman–Crippen LogP) is 1.14. The lowest BCUT2D eigenvalue weighted by Gasteiger charge is -2.20. The molecule has 1 aliphatic carbocycles. The molecule has 0 aromatic carbocycles. The van der Waals surface area contributed by atoms with Gasteiger partial charge in [-0.2, -0.15) is 0 Å². The van der Waals surface area contributed by atoms with Gasteiger partial charge in [0.05, 0.1) is 6.54 Å². The number of aliphatic hydroxyl groups excluding tert-OH is 1. The first kappa shape index (κ1) is 14.5. The molecular weight excluding hydrogens is 216 g/mol. The first-order chi connectivity index (χ1) is 8.29. The molecule has 0 heterocycles. The Morgan fingerprint density at radius 1 is 1.29 bits per heavy atom. The zero-order chi connectivity index (χ0) is 12.5. The summed E-state index contributed by atoms with van der Waals surface area (Å²) in [5.74, 6) is 0.241. The summed E-state index contributed by atoms with van der Waals surface area (Å²) < 4.78 is 0. The van der Waals surface area contributed by atoms with E-state index in [1.165, 1.54) is 12.8 Å². The summed E-state index contributed by atoms with van der Waals surface area (Å²) in [6.07, 6.45) is 6.55. The minimum absolute atomic E-state index is 0.241. The molecule has 1 amide bonds. The molecule has 0 atom stereocenters. The zero-order valence-electron chi connectivity index (χ0n) is 11.0. The average molecular weight is 242 g/mol. The molecule has 0 bridgehead atoms. The highest BCUT2D eigenvalue weighted by Crippen LogP contribution is 2.26. The smallest absolute Gasteiger partial charge is 0.236 e. The predicted molar refractivity (Wildman–Crippen MR) is 68.8 cm³/mol. The monoisotopic (exact) mass is 242 g/mol. The van der Waals surface area contributed by atoms with E-state index in [9.17, 15) is 4.79 Å². The number of amides is 1. The van der Waals surface area contributed by atoms with Gasteiger partial charge in [-0.25, -0.2) is 0 Å². The SMILES string of the molecule is CCN(C(=O)CNCCCCCCO)C1CC1. The Morgan fingerprint density at radius 3 is 2.59 bits per heavy atom. The fourth-order valence-corrected chi connectivity index (χ4v) is 2.04. The van der Waals surface area contributed by atoms with Crippen molar-refractivity contribution in [1.29, 1.82) is 0 Å². The Labute approximate surface area is 104 Å². The van der Waals surface area contributed by atoms with Crippen LogP contribution in [0.25, 0.3) is 0 Å². The number of unbranched alkanes of at least 4 members (excludes halogenated alkanes) is 3. The Morgan fingerprint density at radius 2 is 2.00 bits per heavy atom. The molecule has 100 valence electrons. The van der Waals surface area contributed by atoms with Crippen molar-refractivity contribution in [3.8, 4) is 0 Å². The number of carbonyl (C=O) groups excluding carboxylic acids is 1. The Hall–Kier alpha value is -0.610. The summed E-state index contributed by atoms with van der Waals surface area (Å²) in [7, 11) is 0. The highest BCUT2D eigenvalue weighted by Gasteiger charge is 2.30. The van der Waals surface area contributed by atoms with Gasteiger partial charge in [-0.15, -0.1) is 0 Å². The van der Waals surface area contributed by atoms with Crippen LogP contribution in [-0.2, 0) is 4.79 Å². The molecule has 1 aliphatic rings. The van der Waals surface area contributed by atoms with E-state index in [1.807, 2.05) is 11.8 Å². The summed E-state index contributed by atoms with van der Waals surface area (Å²) in [4.78, 5) is 13.8. The number of hydrogen-bond acceptors (Lipinski definition) is 3. The molecular formula is C13H26N2O2. The Kier molecular flexibility index (Phi) is 7.21. The fraction of sp³-hybridized carbons (Fsp3) is 0.923. The van der Waals surface area contributed by atoms with Crippen molar-refractivity contribution in [2.45, 2.75) is 51.5 Å². The molecule has 1 saturated carbocycles. The third kappa shape index (κ3) is 6.03. The van der Waals surface area contributed by atoms with Crippen LogP contribution in [0.5, 0.6) is 0 Å². The van der Waals surface area contributed by atoms with Gasteiger partial charge in [0.2, 0.25) is 5.91 Å². The van der Waals surface area contributed by atoms with Crippen molar-refractivity contribution in [2.75, 3.05) is 26.2 Å². The summed E-state index contributed by atoms with van der Waals surface area (Å²) >= 11 is 0. The zero-order valence-corrected chi connectivity index (χ0v) is 11.0. The van der Waals surface area contributed by atoms with Crippen LogP contribution in [0.1, 0.15) is 45.4 Å². The maximum Gasteiger partial charge on any atom is 0.236 e. The number of aliphatic hydroxyl groups is 1. The number of nitrogens with zero attached hydrogens (tertiary/aromatic N) is 1. The summed E-state index contributed by atoms with van der Waals surface area (Å²) in [6.45, 7) is 4.55. The van der Waals surface area contributed by atoms with Gasteiger partial charge in [0.1, 0.15) is 0 Å². The number of rotatable bonds is 10. The molecule has 0 aliphatic heterocycles. The van der Waals surface area contributed by atoms with Gasteiger partial charge >= 0.3 is 0 Å². The third-order valence-electron chi connectivity index (χ3n) is 3.19. The maximum absolute atomic E-state index is 11.8. The molecule has 2 N–H and O–H groups in total. The number of nitrogens with one attached hydrogen (secondary N) is 1. The van der Waals surface area contributed by atoms with Crippen molar-refractivity contribution in [3.05, 3.63) is 0 Å². The van der Waals surface area contributed by atoms with Crippen LogP contribution in [0, 0.1) is 0 Å². The van der Waals surface area contributed by atoms with Gasteiger partial charge in [0.25, 0.3) is 0 Å². The van der Waals surface area contributed by atoms with Gasteiger partial charge < -0.3 is 15.3 Å². The average Bonchev–Trinajstić information content (AvgIpc) is 3.13. The third-order valence-corrected chi connectivity index (χ3v) is 3.19. The highest BCUT2D eigenvalue weighted by atomic mass is 16.2. The molecule has 4 heteroatoms. The van der Waals surface area contributed by atoms with Crippen LogP contribution >= 0.6 is 0 Å². The van der Waals surface area contributed by atoms with Gasteiger partial charge in [0, 0.05) is 19.2 Å². The first-order valence-electron chi connectivity index (χ1n) is 6.90. The van der Waals surface area contributed by atoms with Gasteiger partial charge in [-0.3, -0.25) is 4.79 Å². The van der Waals surface area contributed by atoms with Gasteiger partial charge in [-0.1, -0.05) is 12.8 Å². The van der Waals surface area contributed by atoms with E-state index in [4.69, 9.17) is 5.11 Å². The fourth-order valence-electron chi connectivity index (χ4n) is 2.04. The second kappa shape index (κ2) is 8.48. The van der Waals surface area contributed by atoms with Crippen molar-refractivity contribution in [2.24, 2.45) is 0 Å². The van der Waals surface area contributed by atoms with Crippen molar-refractivity contribution >= 4 is 5.91 Å². The van der Waals surface area contributed by atoms with Gasteiger partial charge in [0.15, 0.2) is 0 Å². The second-order valence-electron chi connectivity index (χ2n) is 4.73. The Bertz CT molecular complexity index is 217. The largest absolute Gasteiger partial charge is 0.396 e. The Balaban J connectivity index is 1.96. The molecule has 0 saturated heterocycles. The van der Waals surface area contributed by atoms with E-state index in [2.05, 4.69) is 5.32 Å². The quantitative estimate of drug-likeness (QED) is 0.565. The first-order valence-corrected chi connectivity index (χ1v) is 6.90. The minimum atomic E-state index is 0.241. The van der Waals surface area contributed by atoms with Crippen molar-refractivity contribution in [3.63, 3.8) is 0 Å². The van der Waals surface area contributed by atoms with Crippen molar-refractivity contribution in [1.82, 2.24) is 10.2 Å². The standard InChI is InChI=1S/C13H26N2O2/c1-2-15(12-7-8-12)13(17)11-14-9-5-3-4-6-10-16/h12,14,16H,2-11H2,1H3. The number of carbonyl (C=O) groups is 1. The molecule has 1 rings (SSSR count). The molecule has 0 radical (unpaired) electrons. The molecule has 1 fully saturated rings. The number of likely N-dealkylation sites (N-methyl/N-ethyl adjacent to an activating group) is 1. The molecule has 0 aromatic heterocycles. The lowest BCUT2D eigenvalue weighted by Crippen LogP contribution is -2.39. The van der Waals surface area contributed by atoms with E-state index in [0.717, 1.165) is 38.8 Å². The van der Waals surface area contributed by atoms with Crippen LogP contribution in [0.2, 0.25) is 0 Å². The van der Waals surface area contributed by atoms with Crippen LogP contribution in [-0.4, -0.2) is 48.2 Å². The van der Waals surface area contributed by atoms with Crippen LogP contribution in [0.3, 0.4) is 0 Å². The molecule has 17 heavy (non-hydrogen) atoms. The van der Waals surface area contributed by atoms with E-state index >= 15 is 0 Å². The highest BCUT2D eigenvalue weighted by molar-refractivity contribution is 5.78.